The van der Waals surface area contributed by atoms with Crippen molar-refractivity contribution in [2.24, 2.45) is 0 Å². The number of hydrogen-bond donors (Lipinski definition) is 1. The minimum Gasteiger partial charge on any atom is -0.358 e. The van der Waals surface area contributed by atoms with E-state index in [2.05, 4.69) is 34.2 Å². The number of thioether (sulfide) groups is 1. The van der Waals surface area contributed by atoms with Gasteiger partial charge in [-0.05, 0) is 28.9 Å². The first kappa shape index (κ1) is 11.1. The van der Waals surface area contributed by atoms with E-state index < -0.39 is 0 Å². The van der Waals surface area contributed by atoms with E-state index in [0.717, 1.165) is 22.5 Å². The molecule has 0 unspecified atom stereocenters. The molecule has 0 atom stereocenters. The molecule has 0 bridgehead atoms. The first-order chi connectivity index (χ1) is 6.24. The van der Waals surface area contributed by atoms with Crippen LogP contribution in [0, 0.1) is 6.92 Å². The van der Waals surface area contributed by atoms with Crippen molar-refractivity contribution in [3.05, 3.63) is 14.7 Å². The van der Waals surface area contributed by atoms with Gasteiger partial charge in [0.2, 0.25) is 6.41 Å². The summed E-state index contributed by atoms with van der Waals surface area (Å²) >= 11 is 6.94. The van der Waals surface area contributed by atoms with E-state index in [-0.39, 0.29) is 0 Å². The van der Waals surface area contributed by atoms with Gasteiger partial charge in [-0.3, -0.25) is 4.79 Å². The molecule has 0 radical (unpaired) electrons. The predicted molar refractivity (Wildman–Crippen MR) is 61.5 cm³/mol. The van der Waals surface area contributed by atoms with Crippen molar-refractivity contribution >= 4 is 45.4 Å². The van der Waals surface area contributed by atoms with Crippen LogP contribution in [0.3, 0.4) is 0 Å². The molecule has 1 aromatic rings. The summed E-state index contributed by atoms with van der Waals surface area (Å²) in [5.41, 5.74) is 0. The molecule has 1 N–H and O–H groups in total. The summed E-state index contributed by atoms with van der Waals surface area (Å²) in [5.74, 6) is 0.919. The van der Waals surface area contributed by atoms with Crippen LogP contribution in [0.25, 0.3) is 0 Å². The highest BCUT2D eigenvalue weighted by Crippen LogP contribution is 2.32. The molecule has 2 nitrogen and oxygen atoms in total. The SMILES string of the molecule is Cc1sc(Br)cc1SCCNC=O. The van der Waals surface area contributed by atoms with Crippen LogP contribution in [0.2, 0.25) is 0 Å². The van der Waals surface area contributed by atoms with Crippen molar-refractivity contribution in [2.75, 3.05) is 12.3 Å². The zero-order valence-corrected chi connectivity index (χ0v) is 10.4. The summed E-state index contributed by atoms with van der Waals surface area (Å²) in [5, 5.41) is 2.64. The highest BCUT2D eigenvalue weighted by Gasteiger charge is 2.03. The minimum absolute atomic E-state index is 0.723. The van der Waals surface area contributed by atoms with Crippen LogP contribution in [0.4, 0.5) is 0 Å². The van der Waals surface area contributed by atoms with Gasteiger partial charge in [-0.25, -0.2) is 0 Å². The lowest BCUT2D eigenvalue weighted by molar-refractivity contribution is -0.109. The van der Waals surface area contributed by atoms with Gasteiger partial charge in [-0.15, -0.1) is 23.1 Å². The van der Waals surface area contributed by atoms with E-state index >= 15 is 0 Å². The van der Waals surface area contributed by atoms with Crippen LogP contribution >= 0.6 is 39.0 Å². The fraction of sp³-hybridized carbons (Fsp3) is 0.375. The van der Waals surface area contributed by atoms with Gasteiger partial charge in [0.15, 0.2) is 0 Å². The predicted octanol–water partition coefficient (Wildman–Crippen LogP) is 2.66. The maximum Gasteiger partial charge on any atom is 0.207 e. The number of amides is 1. The van der Waals surface area contributed by atoms with E-state index in [4.69, 9.17) is 0 Å². The average Bonchev–Trinajstić information content (AvgIpc) is 2.39. The molecule has 13 heavy (non-hydrogen) atoms. The van der Waals surface area contributed by atoms with Gasteiger partial charge in [-0.1, -0.05) is 0 Å². The van der Waals surface area contributed by atoms with Gasteiger partial charge in [0.25, 0.3) is 0 Å². The average molecular weight is 280 g/mol. The Hall–Kier alpha value is -0.000000000000000111. The Morgan fingerprint density at radius 2 is 2.54 bits per heavy atom. The highest BCUT2D eigenvalue weighted by atomic mass is 79.9. The van der Waals surface area contributed by atoms with Crippen LogP contribution in [-0.2, 0) is 4.79 Å². The van der Waals surface area contributed by atoms with Gasteiger partial charge < -0.3 is 5.32 Å². The van der Waals surface area contributed by atoms with E-state index in [1.54, 1.807) is 23.1 Å². The zero-order chi connectivity index (χ0) is 9.68. The minimum atomic E-state index is 0.723. The molecule has 5 heteroatoms. The lowest BCUT2D eigenvalue weighted by Gasteiger charge is -1.98. The lowest BCUT2D eigenvalue weighted by atomic mass is 10.5. The normalized spacial score (nSPS) is 10.0. The molecule has 0 saturated carbocycles. The summed E-state index contributed by atoms with van der Waals surface area (Å²) in [4.78, 5) is 12.6. The first-order valence-corrected chi connectivity index (χ1v) is 6.39. The number of halogens is 1. The number of rotatable bonds is 5. The standard InChI is InChI=1S/C8H10BrNOS2/c1-6-7(4-8(9)13-6)12-3-2-10-5-11/h4-5H,2-3H2,1H3,(H,10,11). The number of nitrogens with one attached hydrogen (secondary N) is 1. The van der Waals surface area contributed by atoms with Crippen molar-refractivity contribution in [3.8, 4) is 0 Å². The van der Waals surface area contributed by atoms with Crippen LogP contribution in [0.15, 0.2) is 14.7 Å². The largest absolute Gasteiger partial charge is 0.358 e. The Morgan fingerprint density at radius 1 is 1.77 bits per heavy atom. The Bertz CT molecular complexity index is 288. The van der Waals surface area contributed by atoms with E-state index in [9.17, 15) is 4.79 Å². The number of carbonyl (C=O) groups is 1. The second-order valence-corrected chi connectivity index (χ2v) is 6.16. The molecule has 0 aromatic carbocycles. The van der Waals surface area contributed by atoms with Gasteiger partial charge in [0, 0.05) is 22.1 Å². The van der Waals surface area contributed by atoms with Crippen molar-refractivity contribution < 1.29 is 4.79 Å². The molecule has 1 rings (SSSR count). The fourth-order valence-electron chi connectivity index (χ4n) is 0.853. The Kier molecular flexibility index (Phi) is 4.83. The molecule has 1 amide bonds. The molecule has 1 heterocycles. The first-order valence-electron chi connectivity index (χ1n) is 3.80. The molecular formula is C8H10BrNOS2. The van der Waals surface area contributed by atoms with E-state index in [1.165, 1.54) is 9.77 Å². The third-order valence-corrected chi connectivity index (χ3v) is 4.26. The molecule has 0 aliphatic carbocycles. The molecular weight excluding hydrogens is 270 g/mol. The van der Waals surface area contributed by atoms with Crippen LogP contribution in [-0.4, -0.2) is 18.7 Å². The van der Waals surface area contributed by atoms with Gasteiger partial charge in [-0.2, -0.15) is 0 Å². The number of thiophene rings is 1. The zero-order valence-electron chi connectivity index (χ0n) is 7.17. The molecule has 0 aliphatic rings. The Balaban J connectivity index is 2.36. The molecule has 72 valence electrons. The van der Waals surface area contributed by atoms with Crippen molar-refractivity contribution in [3.63, 3.8) is 0 Å². The highest BCUT2D eigenvalue weighted by molar-refractivity contribution is 9.11. The second-order valence-electron chi connectivity index (χ2n) is 2.39. The van der Waals surface area contributed by atoms with Crippen molar-refractivity contribution in [1.82, 2.24) is 5.32 Å². The maximum absolute atomic E-state index is 9.96. The summed E-state index contributed by atoms with van der Waals surface area (Å²) < 4.78 is 1.16. The molecule has 0 spiro atoms. The maximum atomic E-state index is 9.96. The molecule has 0 saturated heterocycles. The number of carbonyl (C=O) groups excluding carboxylic acids is 1. The summed E-state index contributed by atoms with van der Waals surface area (Å²) in [7, 11) is 0. The smallest absolute Gasteiger partial charge is 0.207 e. The Morgan fingerprint density at radius 3 is 3.08 bits per heavy atom. The van der Waals surface area contributed by atoms with Crippen molar-refractivity contribution in [1.29, 1.82) is 0 Å². The number of aryl methyl sites for hydroxylation is 1. The monoisotopic (exact) mass is 279 g/mol. The topological polar surface area (TPSA) is 29.1 Å². The van der Waals surface area contributed by atoms with E-state index in [0.29, 0.717) is 0 Å². The second kappa shape index (κ2) is 5.67. The van der Waals surface area contributed by atoms with E-state index in [1.807, 2.05) is 0 Å². The third-order valence-electron chi connectivity index (χ3n) is 1.43. The molecule has 0 aliphatic heterocycles. The van der Waals surface area contributed by atoms with Crippen LogP contribution in [0.5, 0.6) is 0 Å². The molecule has 0 fully saturated rings. The lowest BCUT2D eigenvalue weighted by Crippen LogP contribution is -2.13. The summed E-state index contributed by atoms with van der Waals surface area (Å²) in [6.07, 6.45) is 0.733. The summed E-state index contributed by atoms with van der Waals surface area (Å²) in [6, 6.07) is 2.12. The van der Waals surface area contributed by atoms with Gasteiger partial charge in [0.05, 0.1) is 3.79 Å². The number of hydrogen-bond acceptors (Lipinski definition) is 3. The summed E-state index contributed by atoms with van der Waals surface area (Å²) in [6.45, 7) is 2.83. The third kappa shape index (κ3) is 3.70. The van der Waals surface area contributed by atoms with Crippen molar-refractivity contribution in [2.45, 2.75) is 11.8 Å². The quantitative estimate of drug-likeness (QED) is 0.510. The van der Waals surface area contributed by atoms with Gasteiger partial charge in [0.1, 0.15) is 0 Å². The van der Waals surface area contributed by atoms with Crippen LogP contribution < -0.4 is 5.32 Å². The Labute approximate surface area is 94.2 Å². The molecule has 1 aromatic heterocycles. The fourth-order valence-corrected chi connectivity index (χ4v) is 3.81. The van der Waals surface area contributed by atoms with Crippen LogP contribution in [0.1, 0.15) is 4.88 Å². The van der Waals surface area contributed by atoms with Gasteiger partial charge >= 0.3 is 0 Å².